The van der Waals surface area contributed by atoms with Gasteiger partial charge in [0.05, 0.1) is 27.3 Å². The van der Waals surface area contributed by atoms with Crippen LogP contribution in [0.15, 0.2) is 126 Å². The number of hydrogen-bond donors (Lipinski definition) is 3. The molecule has 55 heavy (non-hydrogen) atoms. The number of aryl methyl sites for hydroxylation is 2. The Bertz CT molecular complexity index is 2700. The van der Waals surface area contributed by atoms with E-state index in [1.165, 1.54) is 23.7 Å². The molecule has 3 N–H and O–H groups in total. The van der Waals surface area contributed by atoms with Gasteiger partial charge in [-0.25, -0.2) is 19.6 Å². The van der Waals surface area contributed by atoms with Gasteiger partial charge in [0.2, 0.25) is 0 Å². The van der Waals surface area contributed by atoms with Crippen LogP contribution in [0.2, 0.25) is 0 Å². The zero-order valence-electron chi connectivity index (χ0n) is 30.1. The minimum atomic E-state index is -4.98. The zero-order chi connectivity index (χ0) is 39.3. The van der Waals surface area contributed by atoms with Crippen LogP contribution >= 0.6 is 0 Å². The van der Waals surface area contributed by atoms with Crippen molar-refractivity contribution in [2.75, 3.05) is 0 Å². The molecular formula is C32H26CrN10O11S. The largest absolute Gasteiger partial charge is 1.00 e. The van der Waals surface area contributed by atoms with Crippen LogP contribution in [-0.2, 0) is 27.5 Å². The predicted molar refractivity (Wildman–Crippen MR) is 190 cm³/mol. The Morgan fingerprint density at radius 1 is 0.709 bits per heavy atom. The van der Waals surface area contributed by atoms with Crippen LogP contribution in [0, 0.1) is 34.1 Å². The van der Waals surface area contributed by atoms with Gasteiger partial charge in [-0.05, 0) is 30.3 Å². The Morgan fingerprint density at radius 2 is 1.16 bits per heavy atom. The van der Waals surface area contributed by atoms with Crippen molar-refractivity contribution >= 4 is 44.2 Å². The van der Waals surface area contributed by atoms with E-state index in [9.17, 15) is 48.4 Å². The SMILES string of the molecule is Cc1nn(-c2ccccc2)c(=O)[c-]1N=Nc1cc([N+](=O)[O-])cc(S(=O)(=O)O)c1O.Cc1nn(-c2ccccc2)c(=O)[c-]1N=Nc1ccc([N+](=O)[O-])cc1O.[Cr].[H+].[H+]. The van der Waals surface area contributed by atoms with Crippen molar-refractivity contribution in [1.82, 2.24) is 19.6 Å². The number of nitrogens with zero attached hydrogens (tertiary/aromatic N) is 10. The van der Waals surface area contributed by atoms with Crippen molar-refractivity contribution in [1.29, 1.82) is 0 Å². The number of rotatable bonds is 9. The first-order chi connectivity index (χ1) is 25.6. The maximum absolute atomic E-state index is 12.5. The second-order valence-electron chi connectivity index (χ2n) is 10.8. The quantitative estimate of drug-likeness (QED) is 0.0493. The average Bonchev–Trinajstić information content (AvgIpc) is 3.59. The standard InChI is InChI=1S/C16H12N5O7S.C16H12N5O4.Cr/c1-9-14(16(23)20(19-9)10-5-3-2-4-6-10)18-17-12-7-11(21(24)25)8-13(15(12)22)29(26,27)28;1-10-15(16(23)20(19-10)11-5-3-2-4-6-11)18-17-13-8-7-12(21(24)25)9-14(13)22;/h2-8,22H,1H3,(H,26,27,28);2-9,22H,1H3;/q2*-1;/p+2. The number of aromatic hydroxyl groups is 2. The normalized spacial score (nSPS) is 11.3. The van der Waals surface area contributed by atoms with Gasteiger partial charge in [0.15, 0.2) is 5.75 Å². The number of nitro groups is 2. The fourth-order valence-corrected chi connectivity index (χ4v) is 5.21. The summed E-state index contributed by atoms with van der Waals surface area (Å²) >= 11 is 0. The van der Waals surface area contributed by atoms with Gasteiger partial charge in [-0.2, -0.15) is 18.6 Å². The molecule has 2 aromatic heterocycles. The van der Waals surface area contributed by atoms with Crippen molar-refractivity contribution < 1.29 is 53.2 Å². The molecule has 282 valence electrons. The maximum Gasteiger partial charge on any atom is 1.00 e. The number of aromatic nitrogens is 4. The van der Waals surface area contributed by atoms with E-state index in [2.05, 4.69) is 30.7 Å². The molecule has 0 bridgehead atoms. The molecule has 0 aliphatic rings. The van der Waals surface area contributed by atoms with Crippen LogP contribution in [0.25, 0.3) is 11.4 Å². The molecule has 23 heteroatoms. The van der Waals surface area contributed by atoms with E-state index < -0.39 is 58.9 Å². The summed E-state index contributed by atoms with van der Waals surface area (Å²) in [7, 11) is -4.98. The number of benzene rings is 4. The van der Waals surface area contributed by atoms with Crippen molar-refractivity contribution in [3.8, 4) is 22.9 Å². The van der Waals surface area contributed by atoms with E-state index >= 15 is 0 Å². The van der Waals surface area contributed by atoms with Gasteiger partial charge < -0.3 is 30.0 Å². The fraction of sp³-hybridized carbons (Fsp3) is 0.0625. The number of phenolic OH excluding ortho intramolecular Hbond substituents is 2. The molecule has 0 amide bonds. The molecule has 0 fully saturated rings. The molecular weight excluding hydrogens is 784 g/mol. The molecule has 0 radical (unpaired) electrons. The monoisotopic (exact) mass is 810 g/mol. The maximum atomic E-state index is 12.5. The number of para-hydroxylation sites is 2. The zero-order valence-corrected chi connectivity index (χ0v) is 30.1. The summed E-state index contributed by atoms with van der Waals surface area (Å²) in [6, 6.07) is 21.9. The summed E-state index contributed by atoms with van der Waals surface area (Å²) < 4.78 is 34.2. The summed E-state index contributed by atoms with van der Waals surface area (Å²) in [4.78, 5) is 43.9. The van der Waals surface area contributed by atoms with E-state index in [1.807, 2.05) is 6.07 Å². The third-order valence-corrected chi connectivity index (χ3v) is 8.06. The molecule has 0 unspecified atom stereocenters. The molecule has 6 rings (SSSR count). The van der Waals surface area contributed by atoms with E-state index in [1.54, 1.807) is 61.5 Å². The van der Waals surface area contributed by atoms with Gasteiger partial charge in [0, 0.05) is 35.6 Å². The number of nitro benzene ring substituents is 2. The summed E-state index contributed by atoms with van der Waals surface area (Å²) in [5, 5.41) is 64.6. The summed E-state index contributed by atoms with van der Waals surface area (Å²) in [5.41, 5.74) is -1.31. The minimum absolute atomic E-state index is 0. The Morgan fingerprint density at radius 3 is 1.58 bits per heavy atom. The summed E-state index contributed by atoms with van der Waals surface area (Å²) in [5.74, 6) is -1.46. The van der Waals surface area contributed by atoms with Crippen LogP contribution in [0.1, 0.15) is 14.2 Å². The average molecular weight is 811 g/mol. The van der Waals surface area contributed by atoms with Crippen LogP contribution in [-0.4, -0.2) is 52.6 Å². The van der Waals surface area contributed by atoms with Crippen LogP contribution in [0.5, 0.6) is 11.5 Å². The topological polar surface area (TPSA) is 300 Å². The van der Waals surface area contributed by atoms with Crippen LogP contribution in [0.3, 0.4) is 0 Å². The molecule has 0 saturated heterocycles. The first-order valence-electron chi connectivity index (χ1n) is 15.0. The van der Waals surface area contributed by atoms with E-state index in [-0.39, 0.29) is 48.7 Å². The van der Waals surface area contributed by atoms with E-state index in [4.69, 9.17) is 4.55 Å². The van der Waals surface area contributed by atoms with Crippen molar-refractivity contribution in [3.05, 3.63) is 143 Å². The molecule has 4 aromatic carbocycles. The van der Waals surface area contributed by atoms with E-state index in [0.717, 1.165) is 16.8 Å². The Hall–Kier alpha value is -7.06. The first kappa shape index (κ1) is 40.7. The second-order valence-corrected chi connectivity index (χ2v) is 12.2. The van der Waals surface area contributed by atoms with Crippen molar-refractivity contribution in [2.45, 2.75) is 18.7 Å². The van der Waals surface area contributed by atoms with Gasteiger partial charge in [0.25, 0.3) is 21.5 Å². The number of hydrogen-bond acceptors (Lipinski definition) is 16. The van der Waals surface area contributed by atoms with Gasteiger partial charge in [-0.15, -0.1) is 11.4 Å². The van der Waals surface area contributed by atoms with Gasteiger partial charge in [-0.1, -0.05) is 61.6 Å². The Balaban J connectivity index is 0.000000377. The van der Waals surface area contributed by atoms with Crippen molar-refractivity contribution in [3.63, 3.8) is 0 Å². The first-order valence-corrected chi connectivity index (χ1v) is 16.4. The van der Waals surface area contributed by atoms with E-state index in [0.29, 0.717) is 23.1 Å². The van der Waals surface area contributed by atoms with Crippen LogP contribution < -0.4 is 11.1 Å². The van der Waals surface area contributed by atoms with Crippen LogP contribution in [0.4, 0.5) is 34.1 Å². The molecule has 0 saturated carbocycles. The molecule has 2 heterocycles. The van der Waals surface area contributed by atoms with Gasteiger partial charge in [-0.3, -0.25) is 24.8 Å². The summed E-state index contributed by atoms with van der Waals surface area (Å²) in [6.45, 7) is 3.09. The molecule has 0 aliphatic heterocycles. The Labute approximate surface area is 321 Å². The molecule has 0 atom stereocenters. The number of azo groups is 2. The smallest absolute Gasteiger partial charge is 0.505 e. The minimum Gasteiger partial charge on any atom is -0.505 e. The third kappa shape index (κ3) is 9.12. The van der Waals surface area contributed by atoms with Gasteiger partial charge >= 0.3 is 2.85 Å². The van der Waals surface area contributed by atoms with Gasteiger partial charge in [0.1, 0.15) is 33.1 Å². The fourth-order valence-electron chi connectivity index (χ4n) is 4.59. The Kier molecular flexibility index (Phi) is 12.4. The summed E-state index contributed by atoms with van der Waals surface area (Å²) in [6.07, 6.45) is 0. The number of phenols is 2. The molecule has 6 aromatic rings. The number of non-ortho nitro benzene ring substituents is 2. The molecule has 21 nitrogen and oxygen atoms in total. The second kappa shape index (κ2) is 16.7. The molecule has 0 aliphatic carbocycles. The van der Waals surface area contributed by atoms with Crippen molar-refractivity contribution in [2.24, 2.45) is 20.5 Å². The molecule has 0 spiro atoms. The predicted octanol–water partition coefficient (Wildman–Crippen LogP) is 6.05. The third-order valence-electron chi connectivity index (χ3n) is 7.19.